The first-order chi connectivity index (χ1) is 16.2. The molecule has 0 spiro atoms. The number of aromatic nitrogens is 6. The minimum atomic E-state index is -4.47. The number of fused-ring (bicyclic) bond motifs is 1. The first kappa shape index (κ1) is 22.6. The molecule has 4 aromatic rings. The Labute approximate surface area is 201 Å². The lowest BCUT2D eigenvalue weighted by Gasteiger charge is -2.25. The third kappa shape index (κ3) is 4.08. The summed E-state index contributed by atoms with van der Waals surface area (Å²) in [7, 11) is 1.52. The van der Waals surface area contributed by atoms with E-state index in [0.717, 1.165) is 11.8 Å². The smallest absolute Gasteiger partial charge is 0.416 e. The topological polar surface area (TPSA) is 70.7 Å². The number of benzene rings is 1. The highest BCUT2D eigenvalue weighted by Crippen LogP contribution is 2.42. The number of pyridine rings is 1. The van der Waals surface area contributed by atoms with Crippen LogP contribution in [0.25, 0.3) is 17.2 Å². The third-order valence-corrected chi connectivity index (χ3v) is 6.32. The van der Waals surface area contributed by atoms with Gasteiger partial charge in [-0.2, -0.15) is 13.2 Å². The maximum Gasteiger partial charge on any atom is 0.416 e. The Kier molecular flexibility index (Phi) is 5.67. The highest BCUT2D eigenvalue weighted by Gasteiger charge is 2.38. The monoisotopic (exact) mass is 532 g/mol. The van der Waals surface area contributed by atoms with E-state index in [1.165, 1.54) is 13.2 Å². The lowest BCUT2D eigenvalue weighted by molar-refractivity contribution is -0.138. The number of ether oxygens (including phenoxy) is 1. The van der Waals surface area contributed by atoms with Crippen LogP contribution in [0.3, 0.4) is 0 Å². The molecule has 0 fully saturated rings. The average molecular weight is 533 g/mol. The fourth-order valence-electron chi connectivity index (χ4n) is 4.29. The van der Waals surface area contributed by atoms with Gasteiger partial charge in [0.15, 0.2) is 5.82 Å². The van der Waals surface area contributed by atoms with Gasteiger partial charge in [-0.25, -0.2) is 19.6 Å². The summed E-state index contributed by atoms with van der Waals surface area (Å²) in [6.07, 6.45) is 0.305. The van der Waals surface area contributed by atoms with Crippen LogP contribution in [0.1, 0.15) is 41.4 Å². The molecule has 3 aromatic heterocycles. The highest BCUT2D eigenvalue weighted by atomic mass is 79.9. The van der Waals surface area contributed by atoms with E-state index in [1.54, 1.807) is 27.7 Å². The fraction of sp³-hybridized carbons (Fsp3) is 0.304. The molecule has 1 atom stereocenters. The van der Waals surface area contributed by atoms with Gasteiger partial charge in [-0.15, -0.1) is 5.10 Å². The molecule has 0 unspecified atom stereocenters. The maximum atomic E-state index is 13.8. The van der Waals surface area contributed by atoms with Crippen molar-refractivity contribution in [3.8, 4) is 23.1 Å². The van der Waals surface area contributed by atoms with Crippen LogP contribution in [0.2, 0.25) is 0 Å². The summed E-state index contributed by atoms with van der Waals surface area (Å²) in [6, 6.07) is 7.86. The molecule has 0 aliphatic carbocycles. The molecular weight excluding hydrogens is 513 g/mol. The third-order valence-electron chi connectivity index (χ3n) is 5.82. The summed E-state index contributed by atoms with van der Waals surface area (Å²) >= 11 is 3.16. The van der Waals surface area contributed by atoms with Crippen molar-refractivity contribution in [2.24, 2.45) is 0 Å². The summed E-state index contributed by atoms with van der Waals surface area (Å²) in [5.41, 5.74) is 1.58. The number of nitrogens with zero attached hydrogens (tertiary/aromatic N) is 6. The lowest BCUT2D eigenvalue weighted by Crippen LogP contribution is -2.21. The second-order valence-electron chi connectivity index (χ2n) is 8.09. The minimum absolute atomic E-state index is 0.201. The van der Waals surface area contributed by atoms with Gasteiger partial charge in [-0.05, 0) is 49.6 Å². The zero-order valence-corrected chi connectivity index (χ0v) is 19.9. The first-order valence-corrected chi connectivity index (χ1v) is 11.4. The second kappa shape index (κ2) is 8.53. The minimum Gasteiger partial charge on any atom is -0.479 e. The van der Waals surface area contributed by atoms with Crippen molar-refractivity contribution in [2.45, 2.75) is 38.4 Å². The van der Waals surface area contributed by atoms with E-state index < -0.39 is 17.7 Å². The summed E-state index contributed by atoms with van der Waals surface area (Å²) in [4.78, 5) is 13.4. The van der Waals surface area contributed by atoms with E-state index in [-0.39, 0.29) is 5.56 Å². The summed E-state index contributed by atoms with van der Waals surface area (Å²) in [5.74, 6) is 0.699. The van der Waals surface area contributed by atoms with Gasteiger partial charge in [0.25, 0.3) is 0 Å². The zero-order valence-electron chi connectivity index (χ0n) is 18.3. The normalized spacial score (nSPS) is 15.9. The van der Waals surface area contributed by atoms with Crippen molar-refractivity contribution in [1.29, 1.82) is 0 Å². The Morgan fingerprint density at radius 3 is 2.68 bits per heavy atom. The molecule has 0 radical (unpaired) electrons. The second-order valence-corrected chi connectivity index (χ2v) is 9.00. The quantitative estimate of drug-likeness (QED) is 0.344. The summed E-state index contributed by atoms with van der Waals surface area (Å²) < 4.78 is 50.7. The number of halogens is 4. The van der Waals surface area contributed by atoms with Crippen LogP contribution in [0.15, 0.2) is 47.3 Å². The van der Waals surface area contributed by atoms with Crippen molar-refractivity contribution >= 4 is 15.9 Å². The Hall–Kier alpha value is -3.21. The van der Waals surface area contributed by atoms with Gasteiger partial charge in [-0.3, -0.25) is 0 Å². The molecule has 7 nitrogen and oxygen atoms in total. The van der Waals surface area contributed by atoms with E-state index in [1.807, 2.05) is 19.2 Å². The van der Waals surface area contributed by atoms with E-state index in [9.17, 15) is 13.2 Å². The molecule has 0 saturated heterocycles. The van der Waals surface area contributed by atoms with Crippen LogP contribution in [-0.4, -0.2) is 36.4 Å². The van der Waals surface area contributed by atoms with E-state index in [4.69, 9.17) is 4.74 Å². The molecular formula is C23H20BrF3N6O. The predicted octanol–water partition coefficient (Wildman–Crippen LogP) is 5.55. The highest BCUT2D eigenvalue weighted by molar-refractivity contribution is 9.10. The van der Waals surface area contributed by atoms with E-state index in [0.29, 0.717) is 52.8 Å². The molecule has 5 rings (SSSR count). The van der Waals surface area contributed by atoms with Gasteiger partial charge in [0.05, 0.1) is 24.7 Å². The number of alkyl halides is 3. The molecule has 0 saturated carbocycles. The van der Waals surface area contributed by atoms with Crippen LogP contribution < -0.4 is 4.74 Å². The Bertz CT molecular complexity index is 1360. The van der Waals surface area contributed by atoms with Crippen LogP contribution in [-0.2, 0) is 12.7 Å². The molecule has 34 heavy (non-hydrogen) atoms. The van der Waals surface area contributed by atoms with Crippen molar-refractivity contribution < 1.29 is 17.9 Å². The van der Waals surface area contributed by atoms with E-state index in [2.05, 4.69) is 36.0 Å². The first-order valence-electron chi connectivity index (χ1n) is 10.6. The Morgan fingerprint density at radius 1 is 1.15 bits per heavy atom. The van der Waals surface area contributed by atoms with Crippen molar-refractivity contribution in [2.75, 3.05) is 7.11 Å². The molecule has 0 amide bonds. The number of rotatable bonds is 4. The molecule has 11 heteroatoms. The SMILES string of the molecule is COc1nc(-c2nc3n(n2)CCC[C@H]3c2ccc(Br)cc2C(F)(F)F)ccc1-n1cnc(C)c1. The van der Waals surface area contributed by atoms with Gasteiger partial charge in [0, 0.05) is 23.1 Å². The number of imidazole rings is 1. The molecule has 176 valence electrons. The summed E-state index contributed by atoms with van der Waals surface area (Å²) in [5, 5.41) is 4.57. The largest absolute Gasteiger partial charge is 0.479 e. The van der Waals surface area contributed by atoms with Crippen LogP contribution in [0.4, 0.5) is 13.2 Å². The molecule has 1 aromatic carbocycles. The van der Waals surface area contributed by atoms with Crippen LogP contribution in [0, 0.1) is 6.92 Å². The standard InChI is InChI=1S/C23H20BrF3N6O/c1-13-11-32(12-28-13)19-8-7-18(29-22(19)34-2)20-30-21-16(4-3-9-33(21)31-20)15-6-5-14(24)10-17(15)23(25,26)27/h5-8,10-12,16H,3-4,9H2,1-2H3/t16-/m0/s1. The average Bonchev–Trinajstić information content (AvgIpc) is 3.44. The van der Waals surface area contributed by atoms with Crippen molar-refractivity contribution in [1.82, 2.24) is 29.3 Å². The summed E-state index contributed by atoms with van der Waals surface area (Å²) in [6.45, 7) is 2.47. The number of hydrogen-bond donors (Lipinski definition) is 0. The van der Waals surface area contributed by atoms with Gasteiger partial charge in [0.2, 0.25) is 5.88 Å². The van der Waals surface area contributed by atoms with Gasteiger partial charge < -0.3 is 9.30 Å². The molecule has 0 bridgehead atoms. The van der Waals surface area contributed by atoms with Crippen LogP contribution in [0.5, 0.6) is 5.88 Å². The fourth-order valence-corrected chi connectivity index (χ4v) is 4.65. The van der Waals surface area contributed by atoms with Crippen LogP contribution >= 0.6 is 15.9 Å². The van der Waals surface area contributed by atoms with Gasteiger partial charge >= 0.3 is 6.18 Å². The molecule has 4 heterocycles. The number of hydrogen-bond acceptors (Lipinski definition) is 5. The van der Waals surface area contributed by atoms with Crippen molar-refractivity contribution in [3.05, 3.63) is 70.0 Å². The molecule has 1 aliphatic heterocycles. The maximum absolute atomic E-state index is 13.8. The predicted molar refractivity (Wildman–Crippen MR) is 122 cm³/mol. The lowest BCUT2D eigenvalue weighted by atomic mass is 9.87. The Balaban J connectivity index is 1.55. The molecule has 1 aliphatic rings. The molecule has 0 N–H and O–H groups in total. The number of methoxy groups -OCH3 is 1. The van der Waals surface area contributed by atoms with Gasteiger partial charge in [-0.1, -0.05) is 22.0 Å². The van der Waals surface area contributed by atoms with Gasteiger partial charge in [0.1, 0.15) is 17.2 Å². The van der Waals surface area contributed by atoms with E-state index >= 15 is 0 Å². The Morgan fingerprint density at radius 2 is 1.97 bits per heavy atom. The zero-order chi connectivity index (χ0) is 24.0. The van der Waals surface area contributed by atoms with Crippen molar-refractivity contribution in [3.63, 3.8) is 0 Å². The number of aryl methyl sites for hydroxylation is 2.